The average Bonchev–Trinajstić information content (AvgIpc) is 4.08. The van der Waals surface area contributed by atoms with Crippen LogP contribution in [-0.4, -0.2) is 9.61 Å². The number of pyridine rings is 1. The van der Waals surface area contributed by atoms with Gasteiger partial charge in [-0.2, -0.15) is 5.10 Å². The highest BCUT2D eigenvalue weighted by molar-refractivity contribution is 6.14. The monoisotopic (exact) mass is 804 g/mol. The van der Waals surface area contributed by atoms with E-state index >= 15 is 0 Å². The lowest BCUT2D eigenvalue weighted by molar-refractivity contribution is 0.670. The van der Waals surface area contributed by atoms with Crippen LogP contribution in [0.1, 0.15) is 0 Å². The Balaban J connectivity index is 1.02. The number of aromatic nitrogens is 2. The molecule has 4 aromatic heterocycles. The Labute approximate surface area is 362 Å². The molecule has 4 heteroatoms. The van der Waals surface area contributed by atoms with Gasteiger partial charge in [-0.05, 0) is 69.1 Å². The first-order valence-corrected chi connectivity index (χ1v) is 21.4. The third-order valence-electron chi connectivity index (χ3n) is 12.7. The Bertz CT molecular complexity index is 3760. The Morgan fingerprint density at radius 1 is 0.317 bits per heavy atom. The van der Waals surface area contributed by atoms with E-state index < -0.39 is 0 Å². The fourth-order valence-electron chi connectivity index (χ4n) is 9.79. The largest absolute Gasteiger partial charge is 0.455 e. The van der Waals surface area contributed by atoms with Gasteiger partial charge in [0.2, 0.25) is 0 Å². The molecule has 13 aromatic rings. The van der Waals surface area contributed by atoms with E-state index in [2.05, 4.69) is 193 Å². The molecule has 0 bridgehead atoms. The highest BCUT2D eigenvalue weighted by Crippen LogP contribution is 2.45. The van der Waals surface area contributed by atoms with Crippen molar-refractivity contribution in [3.63, 3.8) is 0 Å². The maximum absolute atomic E-state index is 6.62. The predicted octanol–water partition coefficient (Wildman–Crippen LogP) is 16.3. The number of fused-ring (bicyclic) bond motifs is 9. The lowest BCUT2D eigenvalue weighted by Crippen LogP contribution is -2.00. The molecule has 0 spiro atoms. The zero-order chi connectivity index (χ0) is 41.4. The maximum atomic E-state index is 6.62. The molecule has 9 aromatic carbocycles. The molecule has 294 valence electrons. The van der Waals surface area contributed by atoms with Crippen LogP contribution in [0, 0.1) is 0 Å². The number of nitrogens with zero attached hydrogens (tertiary/aromatic N) is 2. The highest BCUT2D eigenvalue weighted by atomic mass is 16.3. The van der Waals surface area contributed by atoms with E-state index in [1.807, 2.05) is 30.5 Å². The number of para-hydroxylation sites is 4. The molecule has 0 amide bonds. The van der Waals surface area contributed by atoms with Crippen LogP contribution in [-0.2, 0) is 0 Å². The van der Waals surface area contributed by atoms with Crippen molar-refractivity contribution >= 4 is 60.2 Å². The minimum atomic E-state index is 0.879. The Hall–Kier alpha value is -8.47. The van der Waals surface area contributed by atoms with Crippen molar-refractivity contribution in [2.24, 2.45) is 0 Å². The van der Waals surface area contributed by atoms with Gasteiger partial charge in [-0.1, -0.05) is 182 Å². The Kier molecular flexibility index (Phi) is 7.87. The summed E-state index contributed by atoms with van der Waals surface area (Å²) in [6, 6.07) is 75.3. The fourth-order valence-corrected chi connectivity index (χ4v) is 9.79. The highest BCUT2D eigenvalue weighted by Gasteiger charge is 2.22. The second-order valence-corrected chi connectivity index (χ2v) is 16.3. The van der Waals surface area contributed by atoms with Crippen LogP contribution in [0.5, 0.6) is 0 Å². The zero-order valence-corrected chi connectivity index (χ0v) is 34.0. The van der Waals surface area contributed by atoms with Crippen LogP contribution in [0.2, 0.25) is 0 Å². The van der Waals surface area contributed by atoms with Crippen molar-refractivity contribution in [3.8, 4) is 66.9 Å². The van der Waals surface area contributed by atoms with Gasteiger partial charge in [-0.3, -0.25) is 0 Å². The van der Waals surface area contributed by atoms with Gasteiger partial charge in [0.15, 0.2) is 0 Å². The number of benzene rings is 9. The van der Waals surface area contributed by atoms with Gasteiger partial charge in [0.05, 0.1) is 17.4 Å². The summed E-state index contributed by atoms with van der Waals surface area (Å²) in [4.78, 5) is 0. The standard InChI is InChI=1S/C59H36N2O2/c1-3-15-38(16-4-1)52-36-60-61-56(40-17-5-2-6-18-40)55(48-21-7-8-22-49(48)57(52)61)39-31-29-37(30-32-39)41-33-42(44-23-13-25-50-46-19-9-11-27-53(46)62-58(44)50)35-43(34-41)45-24-14-26-51-47-20-10-12-28-54(47)63-59(45)51/h1-36H. The molecule has 13 rings (SSSR count). The van der Waals surface area contributed by atoms with Crippen molar-refractivity contribution in [3.05, 3.63) is 219 Å². The minimum absolute atomic E-state index is 0.879. The third kappa shape index (κ3) is 5.59. The Morgan fingerprint density at radius 3 is 1.40 bits per heavy atom. The van der Waals surface area contributed by atoms with Gasteiger partial charge in [0, 0.05) is 54.7 Å². The van der Waals surface area contributed by atoms with Crippen LogP contribution in [0.4, 0.5) is 0 Å². The Morgan fingerprint density at radius 2 is 0.794 bits per heavy atom. The molecular weight excluding hydrogens is 769 g/mol. The molecule has 0 N–H and O–H groups in total. The molecule has 4 heterocycles. The molecule has 0 radical (unpaired) electrons. The number of hydrogen-bond donors (Lipinski definition) is 0. The summed E-state index contributed by atoms with van der Waals surface area (Å²) in [7, 11) is 0. The van der Waals surface area contributed by atoms with Crippen molar-refractivity contribution in [1.82, 2.24) is 9.61 Å². The number of furan rings is 2. The second-order valence-electron chi connectivity index (χ2n) is 16.3. The lowest BCUT2D eigenvalue weighted by Gasteiger charge is -2.18. The smallest absolute Gasteiger partial charge is 0.143 e. The van der Waals surface area contributed by atoms with Crippen LogP contribution < -0.4 is 0 Å². The first-order valence-electron chi connectivity index (χ1n) is 21.4. The van der Waals surface area contributed by atoms with E-state index in [1.165, 1.54) is 5.39 Å². The molecule has 0 fully saturated rings. The average molecular weight is 805 g/mol. The summed E-state index contributed by atoms with van der Waals surface area (Å²) in [5.74, 6) is 0. The summed E-state index contributed by atoms with van der Waals surface area (Å²) in [5.41, 5.74) is 17.7. The fraction of sp³-hybridized carbons (Fsp3) is 0. The summed E-state index contributed by atoms with van der Waals surface area (Å²) in [6.07, 6.45) is 2.01. The first kappa shape index (κ1) is 35.3. The molecular formula is C59H36N2O2. The van der Waals surface area contributed by atoms with Gasteiger partial charge in [0.25, 0.3) is 0 Å². The van der Waals surface area contributed by atoms with Crippen LogP contribution in [0.15, 0.2) is 227 Å². The van der Waals surface area contributed by atoms with Gasteiger partial charge in [0.1, 0.15) is 22.3 Å². The third-order valence-corrected chi connectivity index (χ3v) is 12.7. The summed E-state index contributed by atoms with van der Waals surface area (Å²) < 4.78 is 15.4. The van der Waals surface area contributed by atoms with Gasteiger partial charge >= 0.3 is 0 Å². The van der Waals surface area contributed by atoms with E-state index in [1.54, 1.807) is 0 Å². The quantitative estimate of drug-likeness (QED) is 0.168. The molecule has 0 aliphatic rings. The summed E-state index contributed by atoms with van der Waals surface area (Å²) in [5, 5.41) is 11.9. The summed E-state index contributed by atoms with van der Waals surface area (Å²) in [6.45, 7) is 0. The first-order chi connectivity index (χ1) is 31.2. The van der Waals surface area contributed by atoms with Crippen LogP contribution in [0.3, 0.4) is 0 Å². The van der Waals surface area contributed by atoms with Crippen LogP contribution in [0.25, 0.3) is 127 Å². The summed E-state index contributed by atoms with van der Waals surface area (Å²) >= 11 is 0. The van der Waals surface area contributed by atoms with E-state index in [4.69, 9.17) is 13.9 Å². The minimum Gasteiger partial charge on any atom is -0.455 e. The molecule has 0 saturated heterocycles. The molecule has 0 atom stereocenters. The molecule has 4 nitrogen and oxygen atoms in total. The molecule has 0 aliphatic heterocycles. The maximum Gasteiger partial charge on any atom is 0.143 e. The van der Waals surface area contributed by atoms with Crippen molar-refractivity contribution in [2.45, 2.75) is 0 Å². The molecule has 0 aliphatic carbocycles. The van der Waals surface area contributed by atoms with E-state index in [0.29, 0.717) is 0 Å². The van der Waals surface area contributed by atoms with Crippen molar-refractivity contribution in [1.29, 1.82) is 0 Å². The molecule has 63 heavy (non-hydrogen) atoms. The molecule has 0 saturated carbocycles. The number of hydrogen-bond acceptors (Lipinski definition) is 3. The SMILES string of the molecule is c1ccc(-c2cnn3c(-c4ccccc4)c(-c4ccc(-c5cc(-c6cccc7c6oc6ccccc67)cc(-c6cccc7c6oc6ccccc67)c5)cc4)c4ccccc4c23)cc1. The van der Waals surface area contributed by atoms with Gasteiger partial charge in [-0.15, -0.1) is 0 Å². The number of rotatable bonds is 6. The normalized spacial score (nSPS) is 11.8. The van der Waals surface area contributed by atoms with E-state index in [-0.39, 0.29) is 0 Å². The van der Waals surface area contributed by atoms with Gasteiger partial charge < -0.3 is 8.83 Å². The van der Waals surface area contributed by atoms with Crippen LogP contribution >= 0.6 is 0 Å². The van der Waals surface area contributed by atoms with E-state index in [0.717, 1.165) is 122 Å². The lowest BCUT2D eigenvalue weighted by atomic mass is 9.90. The van der Waals surface area contributed by atoms with Gasteiger partial charge in [-0.25, -0.2) is 4.52 Å². The second kappa shape index (κ2) is 14.1. The predicted molar refractivity (Wildman–Crippen MR) is 260 cm³/mol. The van der Waals surface area contributed by atoms with E-state index in [9.17, 15) is 0 Å². The zero-order valence-electron chi connectivity index (χ0n) is 34.0. The van der Waals surface area contributed by atoms with Crippen molar-refractivity contribution < 1.29 is 8.83 Å². The van der Waals surface area contributed by atoms with Crippen molar-refractivity contribution in [2.75, 3.05) is 0 Å². The topological polar surface area (TPSA) is 43.6 Å². The molecule has 0 unspecified atom stereocenters.